The lowest BCUT2D eigenvalue weighted by Crippen LogP contribution is -2.33. The average molecular weight is 457 g/mol. The summed E-state index contributed by atoms with van der Waals surface area (Å²) < 4.78 is 1.64. The van der Waals surface area contributed by atoms with Gasteiger partial charge in [0.15, 0.2) is 5.65 Å². The number of hydrogen-bond donors (Lipinski definition) is 1. The zero-order valence-corrected chi connectivity index (χ0v) is 18.3. The van der Waals surface area contributed by atoms with E-state index in [1.807, 2.05) is 60.3 Å². The molecule has 2 N–H and O–H groups in total. The van der Waals surface area contributed by atoms with Gasteiger partial charge in [0.25, 0.3) is 0 Å². The number of nitrogens with zero attached hydrogens (tertiary/aromatic N) is 5. The molecule has 2 aromatic heterocycles. The molecule has 1 aliphatic rings. The van der Waals surface area contributed by atoms with Gasteiger partial charge in [-0.15, -0.1) is 5.10 Å². The number of aromatic nitrogens is 4. The van der Waals surface area contributed by atoms with E-state index in [-0.39, 0.29) is 0 Å². The minimum atomic E-state index is 0.448. The van der Waals surface area contributed by atoms with Crippen LogP contribution in [-0.2, 0) is 0 Å². The monoisotopic (exact) mass is 456 g/mol. The number of nitrogens with two attached hydrogens (primary N) is 1. The average Bonchev–Trinajstić information content (AvgIpc) is 3.11. The van der Waals surface area contributed by atoms with Crippen molar-refractivity contribution in [1.29, 1.82) is 0 Å². The standard InChI is InChI=1S/C21H18Cl2N6S/c22-14-7-5-13(6-8-14)18-17-19(24)29(16-4-2-1-3-15(16)23)27-20(17)26-21(25-18)28-9-11-30-12-10-28/h1-8H,9-12,24H2. The molecule has 0 saturated carbocycles. The Labute approximate surface area is 188 Å². The molecule has 9 heteroatoms. The number of thioether (sulfide) groups is 1. The van der Waals surface area contributed by atoms with Crippen LogP contribution in [0.5, 0.6) is 0 Å². The Kier molecular flexibility index (Phi) is 5.18. The molecule has 1 fully saturated rings. The number of fused-ring (bicyclic) bond motifs is 1. The number of hydrogen-bond acceptors (Lipinski definition) is 6. The van der Waals surface area contributed by atoms with Gasteiger partial charge < -0.3 is 10.6 Å². The molecule has 0 radical (unpaired) electrons. The van der Waals surface area contributed by atoms with Crippen molar-refractivity contribution in [1.82, 2.24) is 19.7 Å². The summed E-state index contributed by atoms with van der Waals surface area (Å²) >= 11 is 14.5. The second-order valence-electron chi connectivity index (χ2n) is 6.93. The SMILES string of the molecule is Nc1c2c(-c3ccc(Cl)cc3)nc(N3CCSCC3)nc2nn1-c1ccccc1Cl. The van der Waals surface area contributed by atoms with Gasteiger partial charge in [0.2, 0.25) is 5.95 Å². The molecule has 152 valence electrons. The van der Waals surface area contributed by atoms with Gasteiger partial charge in [0.1, 0.15) is 5.82 Å². The second-order valence-corrected chi connectivity index (χ2v) is 8.99. The fraction of sp³-hybridized carbons (Fsp3) is 0.190. The first-order chi connectivity index (χ1) is 14.6. The van der Waals surface area contributed by atoms with Crippen molar-refractivity contribution in [3.8, 4) is 16.9 Å². The summed E-state index contributed by atoms with van der Waals surface area (Å²) in [5.41, 5.74) is 9.44. The molecule has 4 aromatic rings. The Morgan fingerprint density at radius 3 is 2.40 bits per heavy atom. The Morgan fingerprint density at radius 2 is 1.67 bits per heavy atom. The van der Waals surface area contributed by atoms with Crippen molar-refractivity contribution in [3.63, 3.8) is 0 Å². The predicted molar refractivity (Wildman–Crippen MR) is 126 cm³/mol. The molecule has 30 heavy (non-hydrogen) atoms. The molecule has 0 unspecified atom stereocenters. The van der Waals surface area contributed by atoms with Gasteiger partial charge in [-0.3, -0.25) is 0 Å². The minimum Gasteiger partial charge on any atom is -0.383 e. The smallest absolute Gasteiger partial charge is 0.228 e. The van der Waals surface area contributed by atoms with E-state index in [0.29, 0.717) is 38.5 Å². The topological polar surface area (TPSA) is 72.9 Å². The zero-order valence-electron chi connectivity index (χ0n) is 15.9. The van der Waals surface area contributed by atoms with Crippen LogP contribution in [0.25, 0.3) is 28.0 Å². The summed E-state index contributed by atoms with van der Waals surface area (Å²) in [4.78, 5) is 11.9. The molecule has 0 spiro atoms. The van der Waals surface area contributed by atoms with E-state index in [1.54, 1.807) is 4.68 Å². The molecule has 2 aromatic carbocycles. The molecule has 0 atom stereocenters. The van der Waals surface area contributed by atoms with Gasteiger partial charge in [0, 0.05) is 35.2 Å². The van der Waals surface area contributed by atoms with Crippen LogP contribution >= 0.6 is 35.0 Å². The quantitative estimate of drug-likeness (QED) is 0.471. The molecule has 0 amide bonds. The summed E-state index contributed by atoms with van der Waals surface area (Å²) in [5.74, 6) is 3.21. The molecule has 6 nitrogen and oxygen atoms in total. The molecule has 1 aliphatic heterocycles. The minimum absolute atomic E-state index is 0.448. The second kappa shape index (κ2) is 7.98. The maximum atomic E-state index is 6.56. The summed E-state index contributed by atoms with van der Waals surface area (Å²) in [6.07, 6.45) is 0. The van der Waals surface area contributed by atoms with Crippen LogP contribution in [0.1, 0.15) is 0 Å². The lowest BCUT2D eigenvalue weighted by atomic mass is 10.1. The molecule has 0 aliphatic carbocycles. The van der Waals surface area contributed by atoms with E-state index in [4.69, 9.17) is 44.0 Å². The van der Waals surface area contributed by atoms with Crippen LogP contribution in [0.4, 0.5) is 11.8 Å². The molecule has 1 saturated heterocycles. The Balaban J connectivity index is 1.76. The number of para-hydroxylation sites is 1. The fourth-order valence-electron chi connectivity index (χ4n) is 3.53. The molecule has 3 heterocycles. The van der Waals surface area contributed by atoms with Crippen molar-refractivity contribution in [3.05, 3.63) is 58.6 Å². The normalized spacial score (nSPS) is 14.4. The first-order valence-electron chi connectivity index (χ1n) is 9.51. The van der Waals surface area contributed by atoms with Crippen LogP contribution < -0.4 is 10.6 Å². The summed E-state index contributed by atoms with van der Waals surface area (Å²) in [5, 5.41) is 6.63. The first-order valence-corrected chi connectivity index (χ1v) is 11.4. The van der Waals surface area contributed by atoms with Gasteiger partial charge >= 0.3 is 0 Å². The number of anilines is 2. The largest absolute Gasteiger partial charge is 0.383 e. The van der Waals surface area contributed by atoms with E-state index < -0.39 is 0 Å². The van der Waals surface area contributed by atoms with Gasteiger partial charge in [-0.2, -0.15) is 16.7 Å². The van der Waals surface area contributed by atoms with Crippen LogP contribution in [0, 0.1) is 0 Å². The third-order valence-corrected chi connectivity index (χ3v) is 6.56. The molecular formula is C21H18Cl2N6S. The lowest BCUT2D eigenvalue weighted by Gasteiger charge is -2.26. The fourth-order valence-corrected chi connectivity index (χ4v) is 4.77. The summed E-state index contributed by atoms with van der Waals surface area (Å²) in [6, 6.07) is 15.0. The number of halogens is 2. The van der Waals surface area contributed by atoms with E-state index in [0.717, 1.165) is 35.9 Å². The number of benzene rings is 2. The van der Waals surface area contributed by atoms with Crippen molar-refractivity contribution >= 4 is 57.8 Å². The molecule has 0 bridgehead atoms. The summed E-state index contributed by atoms with van der Waals surface area (Å²) in [7, 11) is 0. The molecule has 5 rings (SSSR count). The highest BCUT2D eigenvalue weighted by atomic mass is 35.5. The number of rotatable bonds is 3. The van der Waals surface area contributed by atoms with Crippen molar-refractivity contribution in [2.75, 3.05) is 35.2 Å². The van der Waals surface area contributed by atoms with E-state index in [9.17, 15) is 0 Å². The first kappa shape index (κ1) is 19.5. The summed E-state index contributed by atoms with van der Waals surface area (Å²) in [6.45, 7) is 1.80. The van der Waals surface area contributed by atoms with Gasteiger partial charge in [-0.05, 0) is 24.3 Å². The van der Waals surface area contributed by atoms with E-state index >= 15 is 0 Å². The van der Waals surface area contributed by atoms with Crippen molar-refractivity contribution in [2.45, 2.75) is 0 Å². The maximum Gasteiger partial charge on any atom is 0.228 e. The highest BCUT2D eigenvalue weighted by molar-refractivity contribution is 7.99. The zero-order chi connectivity index (χ0) is 20.7. The van der Waals surface area contributed by atoms with Crippen molar-refractivity contribution in [2.24, 2.45) is 0 Å². The Morgan fingerprint density at radius 1 is 0.933 bits per heavy atom. The lowest BCUT2D eigenvalue weighted by molar-refractivity contribution is 0.817. The third-order valence-electron chi connectivity index (χ3n) is 5.05. The maximum absolute atomic E-state index is 6.56. The Bertz CT molecular complexity index is 1220. The van der Waals surface area contributed by atoms with E-state index in [2.05, 4.69) is 4.90 Å². The van der Waals surface area contributed by atoms with Gasteiger partial charge in [-0.1, -0.05) is 47.5 Å². The Hall–Kier alpha value is -2.48. The van der Waals surface area contributed by atoms with E-state index in [1.165, 1.54) is 0 Å². The third kappa shape index (κ3) is 3.47. The highest BCUT2D eigenvalue weighted by Crippen LogP contribution is 2.35. The van der Waals surface area contributed by atoms with Gasteiger partial charge in [-0.25, -0.2) is 9.67 Å². The van der Waals surface area contributed by atoms with Crippen LogP contribution in [0.15, 0.2) is 48.5 Å². The molecular weight excluding hydrogens is 439 g/mol. The van der Waals surface area contributed by atoms with Crippen LogP contribution in [0.2, 0.25) is 10.0 Å². The number of nitrogen functional groups attached to an aromatic ring is 1. The van der Waals surface area contributed by atoms with Crippen molar-refractivity contribution < 1.29 is 0 Å². The highest BCUT2D eigenvalue weighted by Gasteiger charge is 2.23. The van der Waals surface area contributed by atoms with Crippen LogP contribution in [-0.4, -0.2) is 44.3 Å². The predicted octanol–water partition coefficient (Wildman–Crippen LogP) is 4.92. The van der Waals surface area contributed by atoms with Crippen LogP contribution in [0.3, 0.4) is 0 Å². The van der Waals surface area contributed by atoms with Gasteiger partial charge in [0.05, 0.1) is 21.8 Å².